The molecule has 53 heavy (non-hydrogen) atoms. The summed E-state index contributed by atoms with van der Waals surface area (Å²) < 4.78 is 5.38. The molecule has 0 unspecified atom stereocenters. The van der Waals surface area contributed by atoms with Crippen LogP contribution in [0.25, 0.3) is 0 Å². The molecule has 5 N–H and O–H groups in total. The summed E-state index contributed by atoms with van der Waals surface area (Å²) in [6.07, 6.45) is 0. The fourth-order valence-electron chi connectivity index (χ4n) is 6.01. The number of hydrogen-bond acceptors (Lipinski definition) is 16. The number of aliphatic carboxylic acids is 1. The van der Waals surface area contributed by atoms with Crippen LogP contribution in [-0.4, -0.2) is 133 Å². The van der Waals surface area contributed by atoms with Crippen molar-refractivity contribution in [3.05, 3.63) is 45.6 Å². The molecule has 2 atom stereocenters. The number of nitrogens with two attached hydrogens (primary N) is 1. The van der Waals surface area contributed by atoms with Crippen LogP contribution in [0.4, 0.5) is 5.13 Å². The molecule has 0 saturated carbocycles. The molecule has 4 amide bonds. The summed E-state index contributed by atoms with van der Waals surface area (Å²) in [4.78, 5) is 89.5. The van der Waals surface area contributed by atoms with Gasteiger partial charge in [0.2, 0.25) is 0 Å². The molecular formula is C32H37N7NaO11S2+. The predicted molar refractivity (Wildman–Crippen MR) is 184 cm³/mol. The minimum absolute atomic E-state index is 0. The van der Waals surface area contributed by atoms with Crippen LogP contribution in [0.15, 0.2) is 33.9 Å². The van der Waals surface area contributed by atoms with Gasteiger partial charge >= 0.3 is 35.5 Å². The summed E-state index contributed by atoms with van der Waals surface area (Å²) in [5.41, 5.74) is 3.70. The number of carboxylic acids is 1. The number of quaternary nitrogens is 1. The number of nitrogens with one attached hydrogen (secondary N) is 1. The number of carbonyl (C=O) groups is 6. The van der Waals surface area contributed by atoms with Gasteiger partial charge in [0.1, 0.15) is 29.4 Å². The Bertz CT molecular complexity index is 1930. The van der Waals surface area contributed by atoms with Gasteiger partial charge in [0, 0.05) is 16.7 Å². The van der Waals surface area contributed by atoms with Crippen molar-refractivity contribution in [1.82, 2.24) is 20.1 Å². The molecule has 0 radical (unpaired) electrons. The number of carbonyl (C=O) groups excluding carboxylic acids is 6. The molecule has 278 valence electrons. The number of carboxylic acid groups (broad SMARTS) is 1. The number of ether oxygens (including phenoxy) is 1. The van der Waals surface area contributed by atoms with Crippen molar-refractivity contribution >= 4 is 69.5 Å². The molecule has 1 saturated heterocycles. The van der Waals surface area contributed by atoms with Gasteiger partial charge in [0.15, 0.2) is 27.9 Å². The van der Waals surface area contributed by atoms with E-state index < -0.39 is 69.8 Å². The average Bonchev–Trinajstić information content (AvgIpc) is 3.65. The van der Waals surface area contributed by atoms with E-state index >= 15 is 0 Å². The number of hydrogen-bond donors (Lipinski definition) is 4. The molecule has 0 bridgehead atoms. The third-order valence-electron chi connectivity index (χ3n) is 9.31. The first kappa shape index (κ1) is 41.5. The fraction of sp³-hybridized carbons (Fsp3) is 0.438. The molecule has 1 aromatic carbocycles. The maximum absolute atomic E-state index is 13.7. The number of aromatic nitrogens is 1. The van der Waals surface area contributed by atoms with Crippen LogP contribution in [0.2, 0.25) is 0 Å². The second kappa shape index (κ2) is 16.0. The zero-order valence-corrected chi connectivity index (χ0v) is 33.5. The Morgan fingerprint density at radius 2 is 1.85 bits per heavy atom. The van der Waals surface area contributed by atoms with Crippen molar-refractivity contribution in [2.45, 2.75) is 44.7 Å². The van der Waals surface area contributed by atoms with Crippen LogP contribution >= 0.6 is 23.1 Å². The molecule has 0 aliphatic carbocycles. The Hall–Kier alpha value is -4.21. The van der Waals surface area contributed by atoms with Crippen molar-refractivity contribution in [2.75, 3.05) is 51.3 Å². The van der Waals surface area contributed by atoms with Gasteiger partial charge in [-0.25, -0.2) is 9.78 Å². The number of nitrogen functional groups attached to an aromatic ring is 1. The van der Waals surface area contributed by atoms with Crippen molar-refractivity contribution in [2.24, 2.45) is 5.16 Å². The van der Waals surface area contributed by atoms with Crippen LogP contribution in [0.3, 0.4) is 0 Å². The minimum Gasteiger partial charge on any atom is -0.546 e. The molecule has 18 nitrogen and oxygen atoms in total. The van der Waals surface area contributed by atoms with Crippen LogP contribution in [0.1, 0.15) is 54.1 Å². The number of aromatic hydroxyl groups is 2. The Labute approximate surface area is 333 Å². The quantitative estimate of drug-likeness (QED) is 0.0211. The molecule has 1 fully saturated rings. The summed E-state index contributed by atoms with van der Waals surface area (Å²) in [6, 6.07) is 1.31. The van der Waals surface area contributed by atoms with Gasteiger partial charge in [0.05, 0.1) is 50.4 Å². The molecule has 21 heteroatoms. The number of oxime groups is 1. The number of anilines is 1. The Morgan fingerprint density at radius 3 is 2.43 bits per heavy atom. The molecular weight excluding hydrogens is 746 g/mol. The van der Waals surface area contributed by atoms with Crippen LogP contribution in [0, 0.1) is 0 Å². The number of rotatable bonds is 14. The van der Waals surface area contributed by atoms with E-state index in [1.807, 2.05) is 13.8 Å². The Morgan fingerprint density at radius 1 is 1.17 bits per heavy atom. The van der Waals surface area contributed by atoms with Crippen molar-refractivity contribution in [1.29, 1.82) is 0 Å². The van der Waals surface area contributed by atoms with Crippen LogP contribution < -0.4 is 45.7 Å². The minimum atomic E-state index is -1.91. The number of thiazole rings is 1. The van der Waals surface area contributed by atoms with Crippen molar-refractivity contribution in [3.8, 4) is 11.5 Å². The number of imide groups is 1. The van der Waals surface area contributed by atoms with Crippen molar-refractivity contribution < 1.29 is 87.7 Å². The SMILES string of the molecule is CC[N+](CC)(CCN1C(=O)c2ccc(O)c(O)c2C1=O)CC1=C(C(=O)OC)N2C(=O)[C@@H](NC(=O)/C(=N\OC(C)(C)C(=O)[O-])c3csc(N)n3)[C@H]2SC1.[Na+]. The second-order valence-electron chi connectivity index (χ2n) is 12.7. The Balaban J connectivity index is 0.00000627. The number of benzene rings is 1. The van der Waals surface area contributed by atoms with Gasteiger partial charge in [-0.2, -0.15) is 0 Å². The summed E-state index contributed by atoms with van der Waals surface area (Å²) >= 11 is 2.29. The van der Waals surface area contributed by atoms with Crippen LogP contribution in [0.5, 0.6) is 11.5 Å². The molecule has 3 aliphatic heterocycles. The maximum Gasteiger partial charge on any atom is 1.00 e. The summed E-state index contributed by atoms with van der Waals surface area (Å²) in [5, 5.41) is 38.7. The summed E-state index contributed by atoms with van der Waals surface area (Å²) in [7, 11) is 1.18. The first-order valence-electron chi connectivity index (χ1n) is 16.0. The number of thioether (sulfide) groups is 1. The average molecular weight is 783 g/mol. The normalized spacial score (nSPS) is 18.6. The van der Waals surface area contributed by atoms with Gasteiger partial charge in [0.25, 0.3) is 23.6 Å². The number of likely N-dealkylation sites (N-methyl/N-ethyl adjacent to an activating group) is 1. The number of fused-ring (bicyclic) bond motifs is 2. The third-order valence-corrected chi connectivity index (χ3v) is 11.3. The molecule has 3 aliphatic rings. The van der Waals surface area contributed by atoms with E-state index in [4.69, 9.17) is 15.3 Å². The van der Waals surface area contributed by atoms with Gasteiger partial charge in [-0.15, -0.1) is 23.1 Å². The van der Waals surface area contributed by atoms with E-state index in [0.29, 0.717) is 23.1 Å². The molecule has 1 aromatic heterocycles. The number of esters is 1. The van der Waals surface area contributed by atoms with Crippen molar-refractivity contribution in [3.63, 3.8) is 0 Å². The van der Waals surface area contributed by atoms with Gasteiger partial charge in [-0.1, -0.05) is 5.16 Å². The first-order valence-corrected chi connectivity index (χ1v) is 17.9. The van der Waals surface area contributed by atoms with Crippen LogP contribution in [-0.2, 0) is 28.8 Å². The number of methoxy groups -OCH3 is 1. The standard InChI is InChI=1S/C32H37N7O11S2.Na/c1-6-39(7-2,11-10-37-25(43)16-8-9-18(40)23(41)19(16)26(37)44)12-15-13-51-28-21(27(45)38(28)22(15)29(46)49-5)35-24(42)20(17-14-52-31(33)34-17)36-50-32(3,4)30(47)48;/h8-9,14,21,28H,6-7,10-13H2,1-5H3,(H5-,33,34,35,36,40,41,42,43,44,47,48);/q;+1/t21-,28-;/m1./s1. The molecule has 0 spiro atoms. The molecule has 5 rings (SSSR count). The van der Waals surface area contributed by atoms with E-state index in [2.05, 4.69) is 15.5 Å². The first-order chi connectivity index (χ1) is 24.5. The predicted octanol–water partition coefficient (Wildman–Crippen LogP) is -3.63. The number of β-lactam (4-membered cyclic amide) rings is 1. The largest absolute Gasteiger partial charge is 1.00 e. The van der Waals surface area contributed by atoms with E-state index in [1.54, 1.807) is 0 Å². The van der Waals surface area contributed by atoms with Gasteiger partial charge < -0.3 is 45.2 Å². The number of amides is 4. The zero-order valence-electron chi connectivity index (χ0n) is 29.8. The summed E-state index contributed by atoms with van der Waals surface area (Å²) in [6.45, 7) is 7.71. The Kier molecular flexibility index (Phi) is 12.6. The fourth-order valence-corrected chi connectivity index (χ4v) is 7.89. The maximum atomic E-state index is 13.7. The van der Waals surface area contributed by atoms with E-state index in [-0.39, 0.29) is 82.6 Å². The van der Waals surface area contributed by atoms with Gasteiger partial charge in [-0.05, 0) is 39.8 Å². The summed E-state index contributed by atoms with van der Waals surface area (Å²) in [5.74, 6) is -6.13. The van der Waals surface area contributed by atoms with E-state index in [0.717, 1.165) is 22.3 Å². The van der Waals surface area contributed by atoms with E-state index in [9.17, 15) is 44.1 Å². The number of phenols is 2. The second-order valence-corrected chi connectivity index (χ2v) is 14.7. The van der Waals surface area contributed by atoms with Gasteiger partial charge in [-0.3, -0.25) is 29.0 Å². The molecule has 4 heterocycles. The number of nitrogens with zero attached hydrogens (tertiary/aromatic N) is 5. The molecule has 2 aromatic rings. The third kappa shape index (κ3) is 7.74. The topological polar surface area (TPSA) is 254 Å². The monoisotopic (exact) mass is 782 g/mol. The zero-order chi connectivity index (χ0) is 38.3. The smallest absolute Gasteiger partial charge is 0.546 e. The van der Waals surface area contributed by atoms with E-state index in [1.165, 1.54) is 49.1 Å². The number of phenolic OH excluding ortho intramolecular Hbond substituents is 2.